The summed E-state index contributed by atoms with van der Waals surface area (Å²) in [5.41, 5.74) is 8.60. The molecule has 5 unspecified atom stereocenters. The minimum Gasteiger partial charge on any atom is -0.480 e. The number of nitrogens with one attached hydrogen (secondary N) is 4. The molecule has 4 aliphatic rings. The van der Waals surface area contributed by atoms with Gasteiger partial charge in [-0.2, -0.15) is 52.7 Å². The molecule has 5 atom stereocenters. The van der Waals surface area contributed by atoms with E-state index in [1.807, 2.05) is 55.1 Å². The first-order valence-corrected chi connectivity index (χ1v) is 42.3. The van der Waals surface area contributed by atoms with Crippen LogP contribution in [0.4, 0.5) is 99.0 Å². The molecule has 4 amide bonds. The fourth-order valence-electron chi connectivity index (χ4n) is 12.5. The first kappa shape index (κ1) is 111. The highest BCUT2D eigenvalue weighted by Crippen LogP contribution is 2.31. The van der Waals surface area contributed by atoms with Crippen molar-refractivity contribution in [3.05, 3.63) is 117 Å². The standard InChI is InChI=1S/C26H38F3N3O6.C20H28F3N3O5.C19H25ClF3N3O5.C19H25F4N3O5/c1-17(2)24(34)38-20(5)37-23(33)7-6-10-30-22-15-18(3)8-9-21(22)16-31-11-13-32(14-12-31)25(35)36-19(4)26(27,28)29;1-14-3-4-16(17(11-14)24-5-10-30-13-18(27)28)12-25-6-8-26(9-7-25)19(29)31-15(2)20(21,22)23;1-13(19(21,22)23)31-18(29)26-7-5-25(6-8-26)11-14-10-15(20)2-3-16(14)24-4-9-30-12-17(27)28;1-13(19(21,22)23)31-18(29)26-8-6-25(7-9-26)11-14-3-2-4-15(20)17(14)24-5-10-30-12-16(27)28/h8-9,15,17,19-20,30H,6-7,10-14,16H2,1-5H3;3-4,11,15,24H,5-10,12-13H2,1-2H3,(H,27,28);2-3,10,13,24H,4-9,11-12H2,1H3,(H,27,28);2-4,13,24H,5-12H2,1H3,(H,27,28). The number of para-hydroxylation sites is 1. The lowest BCUT2D eigenvalue weighted by molar-refractivity contribution is -0.200. The Balaban J connectivity index is 0.000000310. The normalized spacial score (nSPS) is 16.1. The van der Waals surface area contributed by atoms with Crippen molar-refractivity contribution in [2.75, 3.05) is 192 Å². The van der Waals surface area contributed by atoms with Crippen molar-refractivity contribution in [1.29, 1.82) is 0 Å². The molecule has 0 aromatic heterocycles. The summed E-state index contributed by atoms with van der Waals surface area (Å²) in [5, 5.41) is 38.9. The third kappa shape index (κ3) is 42.4. The van der Waals surface area contributed by atoms with Crippen LogP contribution in [-0.4, -0.2) is 335 Å². The summed E-state index contributed by atoms with van der Waals surface area (Å²) < 4.78 is 208. The molecule has 4 aromatic rings. The molecule has 0 aliphatic carbocycles. The SMILES string of the molecule is CC(OC(=O)N1CCN(Cc2cc(Cl)ccc2NCCOCC(=O)O)CC1)C(F)(F)F.CC(OC(=O)N1CCN(Cc2cccc(F)c2NCCOCC(=O)O)CC1)C(F)(F)F.Cc1ccc(CN2CCN(C(=O)OC(C)C(F)(F)F)CC2)c(NCCCC(=O)OC(C)OC(=O)C(C)C)c1.Cc1ccc(CN2CCN(C(=O)OC(C)C(F)(F)F)CC2)c(NCCOCC(=O)O)c1. The largest absolute Gasteiger partial charge is 0.480 e. The maximum absolute atomic E-state index is 14.3. The molecule has 33 nitrogen and oxygen atoms in total. The van der Waals surface area contributed by atoms with E-state index in [4.69, 9.17) is 50.6 Å². The van der Waals surface area contributed by atoms with E-state index in [1.54, 1.807) is 44.2 Å². The minimum atomic E-state index is -4.61. The third-order valence-electron chi connectivity index (χ3n) is 20.0. The number of carbonyl (C=O) groups is 9. The van der Waals surface area contributed by atoms with Crippen molar-refractivity contribution in [3.63, 3.8) is 0 Å². The Morgan fingerprint density at radius 2 is 0.718 bits per heavy atom. The molecular formula is C84H116ClF13N12O21. The number of aliphatic carboxylic acids is 3. The molecule has 0 bridgehead atoms. The van der Waals surface area contributed by atoms with E-state index >= 15 is 0 Å². The van der Waals surface area contributed by atoms with Crippen molar-refractivity contribution < 1.29 is 158 Å². The Morgan fingerprint density at radius 1 is 0.389 bits per heavy atom. The van der Waals surface area contributed by atoms with Gasteiger partial charge in [0.15, 0.2) is 24.4 Å². The van der Waals surface area contributed by atoms with Crippen molar-refractivity contribution in [2.24, 2.45) is 5.92 Å². The zero-order valence-corrected chi connectivity index (χ0v) is 74.8. The maximum atomic E-state index is 14.3. The topological polar surface area (TPSA) is 371 Å². The van der Waals surface area contributed by atoms with Gasteiger partial charge in [0.25, 0.3) is 0 Å². The average Bonchev–Trinajstić information content (AvgIpc) is 0.881. The molecule has 7 N–H and O–H groups in total. The molecule has 47 heteroatoms. The van der Waals surface area contributed by atoms with Crippen LogP contribution in [0.1, 0.15) is 94.7 Å². The van der Waals surface area contributed by atoms with Crippen LogP contribution in [0.2, 0.25) is 5.02 Å². The van der Waals surface area contributed by atoms with Crippen molar-refractivity contribution in [2.45, 2.75) is 157 Å². The van der Waals surface area contributed by atoms with Gasteiger partial charge < -0.3 is 98.8 Å². The third-order valence-corrected chi connectivity index (χ3v) is 20.3. The molecule has 0 spiro atoms. The van der Waals surface area contributed by atoms with Crippen molar-refractivity contribution in [1.82, 2.24) is 39.2 Å². The molecule has 736 valence electrons. The first-order chi connectivity index (χ1) is 61.4. The van der Waals surface area contributed by atoms with E-state index in [1.165, 1.54) is 32.6 Å². The van der Waals surface area contributed by atoms with Gasteiger partial charge in [0.05, 0.1) is 31.4 Å². The molecule has 0 radical (unpaired) electrons. The van der Waals surface area contributed by atoms with Crippen molar-refractivity contribution >= 4 is 88.6 Å². The average molecular weight is 1910 g/mol. The molecule has 131 heavy (non-hydrogen) atoms. The van der Waals surface area contributed by atoms with Gasteiger partial charge in [-0.15, -0.1) is 0 Å². The summed E-state index contributed by atoms with van der Waals surface area (Å²) in [6.45, 7) is 20.7. The van der Waals surface area contributed by atoms with Crippen LogP contribution >= 0.6 is 11.6 Å². The van der Waals surface area contributed by atoms with Gasteiger partial charge in [0, 0.05) is 193 Å². The summed E-state index contributed by atoms with van der Waals surface area (Å²) >= 11 is 6.11. The Kier molecular flexibility index (Phi) is 46.3. The van der Waals surface area contributed by atoms with Gasteiger partial charge in [-0.25, -0.2) is 38.0 Å². The number of carboxylic acid groups (broad SMARTS) is 3. The number of esters is 2. The second-order valence-electron chi connectivity index (χ2n) is 31.0. The first-order valence-electron chi connectivity index (χ1n) is 41.9. The summed E-state index contributed by atoms with van der Waals surface area (Å²) in [4.78, 5) is 116. The van der Waals surface area contributed by atoms with E-state index in [0.29, 0.717) is 115 Å². The van der Waals surface area contributed by atoms with Crippen LogP contribution in [-0.2, 0) is 92.8 Å². The number of hydrogen-bond acceptors (Lipinski definition) is 26. The van der Waals surface area contributed by atoms with E-state index < -0.39 is 122 Å². The minimum absolute atomic E-state index is 0.0806. The number of nitrogens with zero attached hydrogens (tertiary/aromatic N) is 8. The number of hydrogen-bond donors (Lipinski definition) is 7. The Bertz CT molecular complexity index is 4210. The fourth-order valence-corrected chi connectivity index (χ4v) is 12.7. The highest BCUT2D eigenvalue weighted by atomic mass is 35.5. The van der Waals surface area contributed by atoms with E-state index in [-0.39, 0.29) is 110 Å². The monoisotopic (exact) mass is 1910 g/mol. The maximum Gasteiger partial charge on any atom is 0.425 e. The molecule has 8 rings (SSSR count). The molecule has 4 saturated heterocycles. The highest BCUT2D eigenvalue weighted by Gasteiger charge is 2.44. The quantitative estimate of drug-likeness (QED) is 0.00720. The van der Waals surface area contributed by atoms with Crippen LogP contribution in [0.15, 0.2) is 72.8 Å². The summed E-state index contributed by atoms with van der Waals surface area (Å²) in [6, 6.07) is 21.9. The summed E-state index contributed by atoms with van der Waals surface area (Å²) in [5.74, 6) is -4.83. The lowest BCUT2D eigenvalue weighted by Crippen LogP contribution is -2.49. The number of benzene rings is 4. The number of rotatable bonds is 38. The lowest BCUT2D eigenvalue weighted by Gasteiger charge is -2.35. The molecule has 4 aromatic carbocycles. The molecule has 4 fully saturated rings. The van der Waals surface area contributed by atoms with Crippen LogP contribution in [0.5, 0.6) is 0 Å². The van der Waals surface area contributed by atoms with Crippen LogP contribution < -0.4 is 21.3 Å². The second-order valence-corrected chi connectivity index (χ2v) is 31.5. The van der Waals surface area contributed by atoms with E-state index in [2.05, 4.69) is 54.9 Å². The molecule has 4 heterocycles. The van der Waals surface area contributed by atoms with E-state index in [0.717, 1.165) is 72.6 Å². The van der Waals surface area contributed by atoms with Gasteiger partial charge in [0.1, 0.15) is 25.6 Å². The van der Waals surface area contributed by atoms with Gasteiger partial charge in [-0.1, -0.05) is 61.8 Å². The van der Waals surface area contributed by atoms with Crippen molar-refractivity contribution in [3.8, 4) is 0 Å². The fraction of sp³-hybridized carbons (Fsp3) is 0.607. The summed E-state index contributed by atoms with van der Waals surface area (Å²) in [7, 11) is 0. The number of piperazine rings is 4. The predicted molar refractivity (Wildman–Crippen MR) is 451 cm³/mol. The predicted octanol–water partition coefficient (Wildman–Crippen LogP) is 12.8. The molecule has 4 aliphatic heterocycles. The number of carboxylic acids is 3. The van der Waals surface area contributed by atoms with Gasteiger partial charge >= 0.3 is 78.9 Å². The molecule has 0 saturated carbocycles. The summed E-state index contributed by atoms with van der Waals surface area (Å²) in [6.07, 6.45) is -31.2. The Labute approximate surface area is 754 Å². The number of anilines is 4. The Hall–Kier alpha value is -10.4. The Morgan fingerprint density at radius 3 is 1.06 bits per heavy atom. The number of carbonyl (C=O) groups excluding carboxylic acids is 6. The number of halogens is 14. The zero-order valence-electron chi connectivity index (χ0n) is 74.1. The van der Waals surface area contributed by atoms with Gasteiger partial charge in [0.2, 0.25) is 6.29 Å². The number of aryl methyl sites for hydroxylation is 2. The lowest BCUT2D eigenvalue weighted by atomic mass is 10.1. The van der Waals surface area contributed by atoms with Crippen LogP contribution in [0.3, 0.4) is 0 Å². The zero-order chi connectivity index (χ0) is 97.5. The highest BCUT2D eigenvalue weighted by molar-refractivity contribution is 6.30. The number of ether oxygens (including phenoxy) is 9. The molecular weight excluding hydrogens is 1800 g/mol. The van der Waals surface area contributed by atoms with Crippen LogP contribution in [0.25, 0.3) is 0 Å². The van der Waals surface area contributed by atoms with Gasteiger partial charge in [-0.3, -0.25) is 29.2 Å². The number of amides is 4. The number of alkyl halides is 12. The smallest absolute Gasteiger partial charge is 0.425 e. The second kappa shape index (κ2) is 54.6. The van der Waals surface area contributed by atoms with E-state index in [9.17, 15) is 100 Å². The van der Waals surface area contributed by atoms with Gasteiger partial charge in [-0.05, 0) is 118 Å². The van der Waals surface area contributed by atoms with Crippen LogP contribution in [0, 0.1) is 25.6 Å².